The molecule has 0 aromatic rings. The zero-order valence-corrected chi connectivity index (χ0v) is 13.6. The van der Waals surface area contributed by atoms with Crippen LogP contribution in [-0.4, -0.2) is 12.0 Å². The molecule has 0 unspecified atom stereocenters. The maximum absolute atomic E-state index is 2.40. The van der Waals surface area contributed by atoms with Gasteiger partial charge in [-0.2, -0.15) is 11.8 Å². The molecule has 1 heteroatoms. The van der Waals surface area contributed by atoms with Crippen molar-refractivity contribution in [3.05, 3.63) is 12.2 Å². The molecule has 0 radical (unpaired) electrons. The molecule has 0 nitrogen and oxygen atoms in total. The quantitative estimate of drug-likeness (QED) is 0.253. The molecule has 18 heavy (non-hydrogen) atoms. The predicted octanol–water partition coefficient (Wildman–Crippen LogP) is 6.61. The van der Waals surface area contributed by atoms with Crippen LogP contribution in [0.1, 0.15) is 84.0 Å². The minimum atomic E-state index is 1.30. The van der Waals surface area contributed by atoms with Crippen LogP contribution in [0.15, 0.2) is 12.2 Å². The summed E-state index contributed by atoms with van der Waals surface area (Å²) in [5.74, 6) is 1.34. The van der Waals surface area contributed by atoms with Crippen molar-refractivity contribution < 1.29 is 0 Å². The normalized spacial score (nSPS) is 11.4. The predicted molar refractivity (Wildman–Crippen MR) is 88.6 cm³/mol. The molecule has 0 aliphatic heterocycles. The molecule has 0 spiro atoms. The van der Waals surface area contributed by atoms with Gasteiger partial charge in [-0.3, -0.25) is 0 Å². The Labute approximate surface area is 120 Å². The smallest absolute Gasteiger partial charge is 0.00703 e. The van der Waals surface area contributed by atoms with Crippen molar-refractivity contribution in [2.24, 2.45) is 0 Å². The van der Waals surface area contributed by atoms with E-state index in [1.807, 2.05) is 11.8 Å². The van der Waals surface area contributed by atoms with Gasteiger partial charge in [-0.25, -0.2) is 0 Å². The highest BCUT2D eigenvalue weighted by Gasteiger charge is 1.89. The molecule has 0 aliphatic rings. The lowest BCUT2D eigenvalue weighted by molar-refractivity contribution is 0.610. The first-order chi connectivity index (χ1) is 8.91. The Hall–Kier alpha value is 0.0900. The first kappa shape index (κ1) is 18.1. The molecule has 0 amide bonds. The van der Waals surface area contributed by atoms with Gasteiger partial charge >= 0.3 is 0 Å². The van der Waals surface area contributed by atoms with Gasteiger partial charge in [-0.05, 0) is 44.1 Å². The largest absolute Gasteiger partial charge is 0.165 e. The van der Waals surface area contributed by atoms with Crippen LogP contribution in [0.3, 0.4) is 0 Å². The molecule has 0 bridgehead atoms. The van der Waals surface area contributed by atoms with Crippen LogP contribution in [0.5, 0.6) is 0 Å². The molecule has 0 heterocycles. The van der Waals surface area contributed by atoms with Gasteiger partial charge in [0.15, 0.2) is 0 Å². The van der Waals surface area contributed by atoms with E-state index < -0.39 is 0 Å². The third-order valence-electron chi connectivity index (χ3n) is 3.36. The van der Waals surface area contributed by atoms with Crippen LogP contribution < -0.4 is 0 Å². The van der Waals surface area contributed by atoms with Crippen molar-refractivity contribution in [1.82, 2.24) is 0 Å². The van der Waals surface area contributed by atoms with Crippen molar-refractivity contribution >= 4 is 11.8 Å². The fraction of sp³-hybridized carbons (Fsp3) is 0.882. The minimum absolute atomic E-state index is 1.30. The summed E-state index contributed by atoms with van der Waals surface area (Å²) in [6.45, 7) is 2.28. The SMILES string of the molecule is CCCCCCCC/C=C\CCCCCCSC. The average Bonchev–Trinajstić information content (AvgIpc) is 2.39. The van der Waals surface area contributed by atoms with E-state index in [2.05, 4.69) is 25.3 Å². The number of hydrogen-bond acceptors (Lipinski definition) is 1. The Morgan fingerprint density at radius 2 is 1.17 bits per heavy atom. The first-order valence-corrected chi connectivity index (χ1v) is 9.45. The molecule has 0 saturated heterocycles. The molecular weight excluding hydrogens is 236 g/mol. The van der Waals surface area contributed by atoms with E-state index in [1.165, 1.54) is 82.8 Å². The summed E-state index contributed by atoms with van der Waals surface area (Å²) < 4.78 is 0. The Bertz CT molecular complexity index is 145. The lowest BCUT2D eigenvalue weighted by Crippen LogP contribution is -1.80. The van der Waals surface area contributed by atoms with Gasteiger partial charge in [-0.15, -0.1) is 0 Å². The van der Waals surface area contributed by atoms with Crippen molar-refractivity contribution in [2.75, 3.05) is 12.0 Å². The third-order valence-corrected chi connectivity index (χ3v) is 4.06. The van der Waals surface area contributed by atoms with E-state index in [1.54, 1.807) is 0 Å². The summed E-state index contributed by atoms with van der Waals surface area (Å²) in [6, 6.07) is 0. The van der Waals surface area contributed by atoms with Gasteiger partial charge in [-0.1, -0.05) is 64.0 Å². The number of hydrogen-bond donors (Lipinski definition) is 0. The fourth-order valence-corrected chi connectivity index (χ4v) is 2.63. The maximum atomic E-state index is 2.40. The molecule has 0 aromatic carbocycles. The molecule has 0 aliphatic carbocycles. The zero-order valence-electron chi connectivity index (χ0n) is 12.8. The Morgan fingerprint density at radius 1 is 0.667 bits per heavy atom. The Balaban J connectivity index is 3.00. The summed E-state index contributed by atoms with van der Waals surface area (Å²) in [6.07, 6.45) is 23.7. The van der Waals surface area contributed by atoms with Gasteiger partial charge < -0.3 is 0 Å². The second-order valence-corrected chi connectivity index (χ2v) is 6.21. The summed E-state index contributed by atoms with van der Waals surface area (Å²) >= 11 is 1.97. The molecule has 0 saturated carbocycles. The maximum Gasteiger partial charge on any atom is -0.00703 e. The number of thioether (sulfide) groups is 1. The lowest BCUT2D eigenvalue weighted by Gasteiger charge is -1.98. The standard InChI is InChI=1S/C17H34S/c1-3-4-5-6-7-8-9-10-11-12-13-14-15-16-17-18-2/h10-11H,3-9,12-17H2,1-2H3/b11-10-. The van der Waals surface area contributed by atoms with Crippen LogP contribution in [0, 0.1) is 0 Å². The van der Waals surface area contributed by atoms with Crippen molar-refractivity contribution in [3.8, 4) is 0 Å². The van der Waals surface area contributed by atoms with Gasteiger partial charge in [0.05, 0.1) is 0 Å². The average molecular weight is 271 g/mol. The monoisotopic (exact) mass is 270 g/mol. The second kappa shape index (κ2) is 17.1. The molecule has 0 aromatic heterocycles. The van der Waals surface area contributed by atoms with Crippen LogP contribution in [0.2, 0.25) is 0 Å². The third kappa shape index (κ3) is 16.1. The molecule has 0 fully saturated rings. The van der Waals surface area contributed by atoms with E-state index in [0.29, 0.717) is 0 Å². The van der Waals surface area contributed by atoms with Crippen molar-refractivity contribution in [1.29, 1.82) is 0 Å². The van der Waals surface area contributed by atoms with Crippen LogP contribution in [0.4, 0.5) is 0 Å². The second-order valence-electron chi connectivity index (χ2n) is 5.22. The van der Waals surface area contributed by atoms with E-state index in [0.717, 1.165) is 0 Å². The summed E-state index contributed by atoms with van der Waals surface area (Å²) in [4.78, 5) is 0. The molecule has 0 N–H and O–H groups in total. The van der Waals surface area contributed by atoms with Gasteiger partial charge in [0.25, 0.3) is 0 Å². The van der Waals surface area contributed by atoms with Gasteiger partial charge in [0.2, 0.25) is 0 Å². The molecule has 0 atom stereocenters. The fourth-order valence-electron chi connectivity index (χ4n) is 2.14. The van der Waals surface area contributed by atoms with E-state index in [9.17, 15) is 0 Å². The highest BCUT2D eigenvalue weighted by molar-refractivity contribution is 7.98. The number of unbranched alkanes of at least 4 members (excludes halogenated alkanes) is 10. The first-order valence-electron chi connectivity index (χ1n) is 8.05. The minimum Gasteiger partial charge on any atom is -0.165 e. The number of allylic oxidation sites excluding steroid dienone is 2. The Morgan fingerprint density at radius 3 is 1.72 bits per heavy atom. The Kier molecular flexibility index (Phi) is 17.2. The van der Waals surface area contributed by atoms with Gasteiger partial charge in [0, 0.05) is 0 Å². The van der Waals surface area contributed by atoms with Gasteiger partial charge in [0.1, 0.15) is 0 Å². The highest BCUT2D eigenvalue weighted by Crippen LogP contribution is 2.09. The zero-order chi connectivity index (χ0) is 13.3. The lowest BCUT2D eigenvalue weighted by atomic mass is 10.1. The van der Waals surface area contributed by atoms with E-state index in [-0.39, 0.29) is 0 Å². The highest BCUT2D eigenvalue weighted by atomic mass is 32.2. The van der Waals surface area contributed by atoms with Crippen LogP contribution >= 0.6 is 11.8 Å². The van der Waals surface area contributed by atoms with E-state index >= 15 is 0 Å². The van der Waals surface area contributed by atoms with Crippen molar-refractivity contribution in [3.63, 3.8) is 0 Å². The summed E-state index contributed by atoms with van der Waals surface area (Å²) in [7, 11) is 0. The molecule has 0 rings (SSSR count). The number of rotatable bonds is 14. The summed E-state index contributed by atoms with van der Waals surface area (Å²) in [5.41, 5.74) is 0. The van der Waals surface area contributed by atoms with E-state index in [4.69, 9.17) is 0 Å². The summed E-state index contributed by atoms with van der Waals surface area (Å²) in [5, 5.41) is 0. The molecular formula is C17H34S. The van der Waals surface area contributed by atoms with Crippen LogP contribution in [-0.2, 0) is 0 Å². The van der Waals surface area contributed by atoms with Crippen molar-refractivity contribution in [2.45, 2.75) is 84.0 Å². The topological polar surface area (TPSA) is 0 Å². The van der Waals surface area contributed by atoms with Crippen LogP contribution in [0.25, 0.3) is 0 Å². The molecule has 108 valence electrons.